The maximum Gasteiger partial charge on any atom is 0.119 e. The van der Waals surface area contributed by atoms with E-state index in [1.807, 2.05) is 6.07 Å². The number of aromatic hydroxyl groups is 1. The maximum atomic E-state index is 11.0. The molecule has 3 nitrogen and oxygen atoms in total. The highest BCUT2D eigenvalue weighted by Gasteiger charge is 2.42. The Labute approximate surface area is 177 Å². The maximum absolute atomic E-state index is 11.0. The Balaban J connectivity index is 1.77. The zero-order chi connectivity index (χ0) is 21.0. The zero-order valence-electron chi connectivity index (χ0n) is 18.7. The highest BCUT2D eigenvalue weighted by molar-refractivity contribution is 5.42. The lowest BCUT2D eigenvalue weighted by atomic mass is 9.60. The van der Waals surface area contributed by atoms with Crippen molar-refractivity contribution in [1.82, 2.24) is 0 Å². The minimum absolute atomic E-state index is 0.0607. The summed E-state index contributed by atoms with van der Waals surface area (Å²) in [6.45, 7) is 7.06. The van der Waals surface area contributed by atoms with Crippen LogP contribution in [0.2, 0.25) is 0 Å². The van der Waals surface area contributed by atoms with Crippen LogP contribution in [0.4, 0.5) is 0 Å². The van der Waals surface area contributed by atoms with E-state index in [1.165, 1.54) is 31.2 Å². The van der Waals surface area contributed by atoms with Crippen LogP contribution in [0.1, 0.15) is 102 Å². The molecule has 1 aromatic carbocycles. The van der Waals surface area contributed by atoms with Gasteiger partial charge in [-0.15, -0.1) is 0 Å². The first-order valence-corrected chi connectivity index (χ1v) is 12.0. The van der Waals surface area contributed by atoms with Crippen LogP contribution in [0.25, 0.3) is 0 Å². The fraction of sp³-hybridized carbons (Fsp3) is 0.769. The molecule has 2 aliphatic carbocycles. The van der Waals surface area contributed by atoms with E-state index in [0.29, 0.717) is 23.5 Å². The second-order valence-corrected chi connectivity index (χ2v) is 10.5. The monoisotopic (exact) mass is 402 g/mol. The number of phenolic OH excluding ortho intramolecular Hbond substituents is 1. The standard InChI is InChI=1S/C26H42O3/c1-4-5-6-7-12-26(2,3)20-10-11-22(25(29)15-20)24-16-21(28)14-19-9-8-18(17-27)13-23(19)24/h10-11,15,18-19,21,23-24,27-29H,4-9,12-14,16-17H2,1-3H3/t18-,19-,21+,23-,24-/m0/s1. The Kier molecular flexibility index (Phi) is 7.67. The smallest absolute Gasteiger partial charge is 0.119 e. The third-order valence-electron chi connectivity index (χ3n) is 7.90. The van der Waals surface area contributed by atoms with Gasteiger partial charge in [0.1, 0.15) is 5.75 Å². The Morgan fingerprint density at radius 2 is 1.83 bits per heavy atom. The van der Waals surface area contributed by atoms with Crippen LogP contribution in [0.15, 0.2) is 18.2 Å². The van der Waals surface area contributed by atoms with Gasteiger partial charge in [-0.2, -0.15) is 0 Å². The van der Waals surface area contributed by atoms with Gasteiger partial charge in [0.15, 0.2) is 0 Å². The average Bonchev–Trinajstić information content (AvgIpc) is 2.70. The summed E-state index contributed by atoms with van der Waals surface area (Å²) in [6.07, 6.45) is 10.7. The van der Waals surface area contributed by atoms with Gasteiger partial charge < -0.3 is 15.3 Å². The summed E-state index contributed by atoms with van der Waals surface area (Å²) >= 11 is 0. The summed E-state index contributed by atoms with van der Waals surface area (Å²) in [5.74, 6) is 1.94. The third-order valence-corrected chi connectivity index (χ3v) is 7.90. The summed E-state index contributed by atoms with van der Waals surface area (Å²) in [6, 6.07) is 6.31. The number of phenols is 1. The minimum atomic E-state index is -0.277. The van der Waals surface area contributed by atoms with E-state index in [9.17, 15) is 15.3 Å². The van der Waals surface area contributed by atoms with Gasteiger partial charge in [-0.1, -0.05) is 58.6 Å². The largest absolute Gasteiger partial charge is 0.508 e. The topological polar surface area (TPSA) is 60.7 Å². The molecule has 1 aromatic rings. The van der Waals surface area contributed by atoms with E-state index in [-0.39, 0.29) is 24.0 Å². The van der Waals surface area contributed by atoms with E-state index in [2.05, 4.69) is 32.9 Å². The number of hydrogen-bond donors (Lipinski definition) is 3. The molecule has 29 heavy (non-hydrogen) atoms. The fourth-order valence-electron chi connectivity index (χ4n) is 6.00. The summed E-state index contributed by atoms with van der Waals surface area (Å²) < 4.78 is 0. The van der Waals surface area contributed by atoms with Crippen LogP contribution >= 0.6 is 0 Å². The van der Waals surface area contributed by atoms with Crippen LogP contribution in [0.5, 0.6) is 5.75 Å². The highest BCUT2D eigenvalue weighted by Crippen LogP contribution is 2.51. The number of rotatable bonds is 8. The van der Waals surface area contributed by atoms with Gasteiger partial charge in [0.25, 0.3) is 0 Å². The molecule has 0 unspecified atom stereocenters. The molecule has 0 radical (unpaired) electrons. The van der Waals surface area contributed by atoms with Crippen LogP contribution in [0, 0.1) is 17.8 Å². The lowest BCUT2D eigenvalue weighted by Gasteiger charge is -2.46. The second kappa shape index (κ2) is 9.83. The van der Waals surface area contributed by atoms with Crippen LogP contribution < -0.4 is 0 Å². The summed E-state index contributed by atoms with van der Waals surface area (Å²) in [7, 11) is 0. The average molecular weight is 403 g/mol. The van der Waals surface area contributed by atoms with E-state index < -0.39 is 0 Å². The molecule has 5 atom stereocenters. The lowest BCUT2D eigenvalue weighted by molar-refractivity contribution is 0.00985. The fourth-order valence-corrected chi connectivity index (χ4v) is 6.00. The van der Waals surface area contributed by atoms with Crippen molar-refractivity contribution in [3.8, 4) is 5.75 Å². The van der Waals surface area contributed by atoms with E-state index in [0.717, 1.165) is 44.1 Å². The second-order valence-electron chi connectivity index (χ2n) is 10.5. The van der Waals surface area contributed by atoms with Crippen molar-refractivity contribution in [3.63, 3.8) is 0 Å². The molecule has 0 bridgehead atoms. The molecule has 0 saturated heterocycles. The molecule has 3 heteroatoms. The molecule has 0 spiro atoms. The Morgan fingerprint density at radius 3 is 2.52 bits per heavy atom. The van der Waals surface area contributed by atoms with Crippen LogP contribution in [0.3, 0.4) is 0 Å². The van der Waals surface area contributed by atoms with Crippen molar-refractivity contribution < 1.29 is 15.3 Å². The molecule has 2 fully saturated rings. The molecular weight excluding hydrogens is 360 g/mol. The SMILES string of the molecule is CCCCCCC(C)(C)c1ccc([C@@H]2C[C@H](O)C[C@@H]3CC[C@H](CO)C[C@@H]32)c(O)c1. The molecule has 3 N–H and O–H groups in total. The minimum Gasteiger partial charge on any atom is -0.508 e. The molecule has 2 aliphatic rings. The number of unbranched alkanes of at least 4 members (excludes halogenated alkanes) is 3. The van der Waals surface area contributed by atoms with E-state index in [1.54, 1.807) is 0 Å². The predicted molar refractivity (Wildman–Crippen MR) is 119 cm³/mol. The quantitative estimate of drug-likeness (QED) is 0.474. The Morgan fingerprint density at radius 1 is 1.03 bits per heavy atom. The summed E-state index contributed by atoms with van der Waals surface area (Å²) in [5.41, 5.74) is 2.27. The van der Waals surface area contributed by atoms with E-state index >= 15 is 0 Å². The third kappa shape index (κ3) is 5.35. The van der Waals surface area contributed by atoms with Gasteiger partial charge in [-0.05, 0) is 84.8 Å². The van der Waals surface area contributed by atoms with Crippen molar-refractivity contribution in [3.05, 3.63) is 29.3 Å². The highest BCUT2D eigenvalue weighted by atomic mass is 16.3. The normalized spacial score (nSPS) is 30.2. The molecule has 3 rings (SSSR count). The molecule has 0 aliphatic heterocycles. The number of benzene rings is 1. The number of fused-ring (bicyclic) bond motifs is 1. The Hall–Kier alpha value is -1.06. The lowest BCUT2D eigenvalue weighted by Crippen LogP contribution is -2.38. The van der Waals surface area contributed by atoms with Crippen molar-refractivity contribution in [2.24, 2.45) is 17.8 Å². The first-order valence-electron chi connectivity index (χ1n) is 12.0. The van der Waals surface area contributed by atoms with Gasteiger partial charge in [0, 0.05) is 6.61 Å². The molecular formula is C26H42O3. The molecule has 0 amide bonds. The molecule has 0 heterocycles. The molecule has 0 aromatic heterocycles. The molecule has 164 valence electrons. The van der Waals surface area contributed by atoms with Gasteiger partial charge in [0.2, 0.25) is 0 Å². The van der Waals surface area contributed by atoms with Crippen molar-refractivity contribution in [1.29, 1.82) is 0 Å². The predicted octanol–water partition coefficient (Wildman–Crippen LogP) is 5.90. The van der Waals surface area contributed by atoms with Crippen molar-refractivity contribution in [2.75, 3.05) is 6.61 Å². The first kappa shape index (κ1) is 22.6. The number of aliphatic hydroxyl groups excluding tert-OH is 2. The summed E-state index contributed by atoms with van der Waals surface area (Å²) in [5, 5.41) is 31.1. The number of aliphatic hydroxyl groups is 2. The number of hydrogen-bond acceptors (Lipinski definition) is 3. The van der Waals surface area contributed by atoms with Gasteiger partial charge in [0.05, 0.1) is 6.10 Å². The van der Waals surface area contributed by atoms with E-state index in [4.69, 9.17) is 0 Å². The van der Waals surface area contributed by atoms with Crippen molar-refractivity contribution in [2.45, 2.75) is 102 Å². The summed E-state index contributed by atoms with van der Waals surface area (Å²) in [4.78, 5) is 0. The van der Waals surface area contributed by atoms with Crippen molar-refractivity contribution >= 4 is 0 Å². The zero-order valence-corrected chi connectivity index (χ0v) is 18.7. The van der Waals surface area contributed by atoms with Gasteiger partial charge in [-0.25, -0.2) is 0 Å². The van der Waals surface area contributed by atoms with Gasteiger partial charge in [-0.3, -0.25) is 0 Å². The van der Waals surface area contributed by atoms with Gasteiger partial charge >= 0.3 is 0 Å². The Bertz CT molecular complexity index is 653. The first-order chi connectivity index (χ1) is 13.9. The van der Waals surface area contributed by atoms with Crippen LogP contribution in [-0.2, 0) is 5.41 Å². The molecule has 2 saturated carbocycles. The van der Waals surface area contributed by atoms with Crippen LogP contribution in [-0.4, -0.2) is 28.0 Å².